The van der Waals surface area contributed by atoms with Gasteiger partial charge in [-0.25, -0.2) is 0 Å². The van der Waals surface area contributed by atoms with Gasteiger partial charge < -0.3 is 15.5 Å². The second kappa shape index (κ2) is 9.04. The second-order valence-electron chi connectivity index (χ2n) is 6.48. The Balaban J connectivity index is 0.00000208. The molecular formula is C18H26ClN3O2. The molecule has 0 radical (unpaired) electrons. The van der Waals surface area contributed by atoms with Crippen LogP contribution in [0.1, 0.15) is 38.5 Å². The molecule has 2 aliphatic rings. The Morgan fingerprint density at radius 1 is 1.29 bits per heavy atom. The fourth-order valence-corrected chi connectivity index (χ4v) is 3.40. The first-order valence-electron chi connectivity index (χ1n) is 8.63. The van der Waals surface area contributed by atoms with Crippen molar-refractivity contribution in [2.75, 3.05) is 29.9 Å². The number of rotatable bonds is 5. The summed E-state index contributed by atoms with van der Waals surface area (Å²) in [5, 5.41) is 6.31. The van der Waals surface area contributed by atoms with Gasteiger partial charge in [-0.1, -0.05) is 6.07 Å². The lowest BCUT2D eigenvalue weighted by Crippen LogP contribution is -2.28. The maximum absolute atomic E-state index is 12.1. The van der Waals surface area contributed by atoms with Crippen LogP contribution in [0.4, 0.5) is 11.4 Å². The third kappa shape index (κ3) is 4.95. The molecule has 24 heavy (non-hydrogen) atoms. The number of carbonyl (C=O) groups is 2. The van der Waals surface area contributed by atoms with Crippen molar-refractivity contribution in [2.24, 2.45) is 5.92 Å². The minimum absolute atomic E-state index is 0. The number of piperidine rings is 1. The van der Waals surface area contributed by atoms with Gasteiger partial charge in [0.1, 0.15) is 0 Å². The number of hydrogen-bond donors (Lipinski definition) is 2. The molecule has 2 fully saturated rings. The molecule has 2 aliphatic heterocycles. The highest BCUT2D eigenvalue weighted by Crippen LogP contribution is 2.24. The Bertz CT molecular complexity index is 573. The van der Waals surface area contributed by atoms with E-state index in [1.54, 1.807) is 4.90 Å². The summed E-state index contributed by atoms with van der Waals surface area (Å²) in [6, 6.07) is 7.59. The van der Waals surface area contributed by atoms with Crippen molar-refractivity contribution in [3.05, 3.63) is 24.3 Å². The van der Waals surface area contributed by atoms with Gasteiger partial charge in [-0.05, 0) is 62.9 Å². The van der Waals surface area contributed by atoms with Crippen molar-refractivity contribution >= 4 is 35.6 Å². The Labute approximate surface area is 149 Å². The molecule has 2 saturated heterocycles. The molecule has 6 heteroatoms. The van der Waals surface area contributed by atoms with E-state index in [1.807, 2.05) is 24.3 Å². The van der Waals surface area contributed by atoms with E-state index in [0.29, 0.717) is 18.8 Å². The van der Waals surface area contributed by atoms with Crippen LogP contribution in [0.15, 0.2) is 24.3 Å². The number of halogens is 1. The standard InChI is InChI=1S/C18H25N3O2.ClH/c22-17(7-6-14-8-10-19-11-9-14)20-15-3-1-4-16(13-15)21-12-2-5-18(21)23;/h1,3-4,13-14,19H,2,5-12H2,(H,20,22);1H. The van der Waals surface area contributed by atoms with Gasteiger partial charge in [-0.15, -0.1) is 12.4 Å². The fraction of sp³-hybridized carbons (Fsp3) is 0.556. The summed E-state index contributed by atoms with van der Waals surface area (Å²) in [6.45, 7) is 2.91. The highest BCUT2D eigenvalue weighted by Gasteiger charge is 2.22. The molecule has 0 saturated carbocycles. The average Bonchev–Trinajstić information content (AvgIpc) is 3.00. The van der Waals surface area contributed by atoms with Gasteiger partial charge >= 0.3 is 0 Å². The predicted molar refractivity (Wildman–Crippen MR) is 98.7 cm³/mol. The van der Waals surface area contributed by atoms with Gasteiger partial charge in [0.15, 0.2) is 0 Å². The molecule has 2 amide bonds. The number of benzene rings is 1. The first kappa shape index (κ1) is 18.7. The summed E-state index contributed by atoms with van der Waals surface area (Å²) in [4.78, 5) is 25.8. The molecule has 0 bridgehead atoms. The number of hydrogen-bond acceptors (Lipinski definition) is 3. The lowest BCUT2D eigenvalue weighted by Gasteiger charge is -2.22. The van der Waals surface area contributed by atoms with Crippen LogP contribution in [-0.2, 0) is 9.59 Å². The van der Waals surface area contributed by atoms with Crippen molar-refractivity contribution in [1.82, 2.24) is 5.32 Å². The number of amides is 2. The van der Waals surface area contributed by atoms with Crippen LogP contribution in [0.3, 0.4) is 0 Å². The first-order chi connectivity index (χ1) is 11.2. The zero-order chi connectivity index (χ0) is 16.1. The zero-order valence-corrected chi connectivity index (χ0v) is 14.7. The van der Waals surface area contributed by atoms with Gasteiger partial charge in [0.2, 0.25) is 11.8 Å². The Hall–Kier alpha value is -1.59. The van der Waals surface area contributed by atoms with Crippen LogP contribution in [-0.4, -0.2) is 31.4 Å². The van der Waals surface area contributed by atoms with Crippen molar-refractivity contribution in [3.8, 4) is 0 Å². The molecule has 2 heterocycles. The summed E-state index contributed by atoms with van der Waals surface area (Å²) in [5.41, 5.74) is 1.65. The van der Waals surface area contributed by atoms with Crippen LogP contribution in [0.5, 0.6) is 0 Å². The summed E-state index contributed by atoms with van der Waals surface area (Å²) in [7, 11) is 0. The molecule has 2 N–H and O–H groups in total. The van der Waals surface area contributed by atoms with Gasteiger partial charge in [0, 0.05) is 30.8 Å². The predicted octanol–water partition coefficient (Wildman–Crippen LogP) is 2.95. The van der Waals surface area contributed by atoms with Crippen molar-refractivity contribution in [1.29, 1.82) is 0 Å². The molecule has 5 nitrogen and oxygen atoms in total. The summed E-state index contributed by atoms with van der Waals surface area (Å²) >= 11 is 0. The number of carbonyl (C=O) groups excluding carboxylic acids is 2. The number of nitrogens with zero attached hydrogens (tertiary/aromatic N) is 1. The molecule has 0 aliphatic carbocycles. The monoisotopic (exact) mass is 351 g/mol. The normalized spacial score (nSPS) is 18.3. The summed E-state index contributed by atoms with van der Waals surface area (Å²) in [6.07, 6.45) is 5.38. The Morgan fingerprint density at radius 2 is 2.08 bits per heavy atom. The van der Waals surface area contributed by atoms with E-state index < -0.39 is 0 Å². The zero-order valence-electron chi connectivity index (χ0n) is 13.9. The van der Waals surface area contributed by atoms with E-state index >= 15 is 0 Å². The average molecular weight is 352 g/mol. The van der Waals surface area contributed by atoms with E-state index in [-0.39, 0.29) is 24.2 Å². The van der Waals surface area contributed by atoms with E-state index in [9.17, 15) is 9.59 Å². The summed E-state index contributed by atoms with van der Waals surface area (Å²) < 4.78 is 0. The fourth-order valence-electron chi connectivity index (χ4n) is 3.40. The molecule has 0 aromatic heterocycles. The molecular weight excluding hydrogens is 326 g/mol. The van der Waals surface area contributed by atoms with Crippen LogP contribution < -0.4 is 15.5 Å². The van der Waals surface area contributed by atoms with Crippen LogP contribution in [0.2, 0.25) is 0 Å². The van der Waals surface area contributed by atoms with E-state index in [1.165, 1.54) is 12.8 Å². The van der Waals surface area contributed by atoms with E-state index in [4.69, 9.17) is 0 Å². The van der Waals surface area contributed by atoms with Gasteiger partial charge in [0.25, 0.3) is 0 Å². The highest BCUT2D eigenvalue weighted by atomic mass is 35.5. The quantitative estimate of drug-likeness (QED) is 0.857. The van der Waals surface area contributed by atoms with Crippen molar-refractivity contribution in [3.63, 3.8) is 0 Å². The van der Waals surface area contributed by atoms with E-state index in [2.05, 4.69) is 10.6 Å². The first-order valence-corrected chi connectivity index (χ1v) is 8.63. The molecule has 132 valence electrons. The molecule has 0 atom stereocenters. The minimum Gasteiger partial charge on any atom is -0.326 e. The van der Waals surface area contributed by atoms with E-state index in [0.717, 1.165) is 43.9 Å². The van der Waals surface area contributed by atoms with Crippen LogP contribution in [0.25, 0.3) is 0 Å². The lowest BCUT2D eigenvalue weighted by molar-refractivity contribution is -0.117. The highest BCUT2D eigenvalue weighted by molar-refractivity contribution is 5.97. The van der Waals surface area contributed by atoms with Crippen LogP contribution >= 0.6 is 12.4 Å². The smallest absolute Gasteiger partial charge is 0.227 e. The Morgan fingerprint density at radius 3 is 2.79 bits per heavy atom. The third-order valence-corrected chi connectivity index (χ3v) is 4.75. The maximum atomic E-state index is 12.1. The summed E-state index contributed by atoms with van der Waals surface area (Å²) in [5.74, 6) is 0.892. The van der Waals surface area contributed by atoms with Gasteiger partial charge in [0.05, 0.1) is 0 Å². The largest absolute Gasteiger partial charge is 0.326 e. The molecule has 1 aromatic carbocycles. The van der Waals surface area contributed by atoms with Gasteiger partial charge in [-0.3, -0.25) is 9.59 Å². The van der Waals surface area contributed by atoms with Crippen LogP contribution in [0, 0.1) is 5.92 Å². The molecule has 1 aromatic rings. The molecule has 0 spiro atoms. The number of anilines is 2. The maximum Gasteiger partial charge on any atom is 0.227 e. The van der Waals surface area contributed by atoms with Crippen molar-refractivity contribution in [2.45, 2.75) is 38.5 Å². The lowest BCUT2D eigenvalue weighted by atomic mass is 9.93. The second-order valence-corrected chi connectivity index (χ2v) is 6.48. The topological polar surface area (TPSA) is 61.4 Å². The minimum atomic E-state index is 0. The molecule has 3 rings (SSSR count). The number of nitrogens with one attached hydrogen (secondary N) is 2. The van der Waals surface area contributed by atoms with Gasteiger partial charge in [-0.2, -0.15) is 0 Å². The third-order valence-electron chi connectivity index (χ3n) is 4.75. The molecule has 0 unspecified atom stereocenters. The Kier molecular flexibility index (Phi) is 7.06. The van der Waals surface area contributed by atoms with Crippen molar-refractivity contribution < 1.29 is 9.59 Å². The SMILES string of the molecule is Cl.O=C(CCC1CCNCC1)Nc1cccc(N2CCCC2=O)c1.